The minimum Gasteiger partial charge on any atom is -0.481 e. The summed E-state index contributed by atoms with van der Waals surface area (Å²) >= 11 is 0. The molecule has 0 unspecified atom stereocenters. The number of unbranched alkanes of at least 4 members (excludes halogenated alkanes) is 1. The number of aliphatic hydroxyl groups excluding tert-OH is 1. The molecule has 24 atom stereocenters. The first-order chi connectivity index (χ1) is 54.6. The molecule has 4 fully saturated rings. The number of halogens is 1. The molecule has 0 radical (unpaired) electrons. The Kier molecular flexibility index (Phi) is 34.0. The number of ether oxygens (including phenoxy) is 12. The highest BCUT2D eigenvalue weighted by Crippen LogP contribution is 2.45. The number of hydrogen-bond donors (Lipinski definition) is 1. The number of esters is 3. The molecule has 1 aromatic carbocycles. The van der Waals surface area contributed by atoms with Gasteiger partial charge >= 0.3 is 30.1 Å². The Morgan fingerprint density at radius 1 is 0.658 bits per heavy atom. The molecule has 30 nitrogen and oxygen atoms in total. The number of methoxy groups -OCH3 is 3. The van der Waals surface area contributed by atoms with Crippen LogP contribution < -0.4 is 4.74 Å². The lowest BCUT2D eigenvalue weighted by Crippen LogP contribution is -2.60. The number of hydrogen-bond acceptors (Lipinski definition) is 27. The van der Waals surface area contributed by atoms with Gasteiger partial charge < -0.3 is 81.2 Å². The fourth-order valence-corrected chi connectivity index (χ4v) is 17.5. The quantitative estimate of drug-likeness (QED) is 0.0282. The third kappa shape index (κ3) is 22.0. The van der Waals surface area contributed by atoms with E-state index >= 15 is 0 Å². The maximum atomic E-state index is 14.8. The van der Waals surface area contributed by atoms with Crippen molar-refractivity contribution in [1.82, 2.24) is 38.8 Å². The molecule has 3 aromatic heterocycles. The molecule has 5 aliphatic rings. The van der Waals surface area contributed by atoms with Crippen molar-refractivity contribution in [2.24, 2.45) is 41.4 Å². The molecule has 31 heteroatoms. The number of aromatic nitrogens is 5. The normalized spacial score (nSPS) is 34.9. The average Bonchev–Trinajstić information content (AvgIpc) is 1.61. The predicted octanol–water partition coefficient (Wildman–Crippen LogP) is 11.3. The molecular weight excluding hydrogens is 1620 g/mol. The SMILES string of the molecule is CC[C@H]1OC(=O)[C@H](C)C(=O)[C@H](C)[C@@H](O[C@@H]2O[C@H](C)C[C@H](N(C)C)[C@H]2O)[C@@](C)(OC)C[C@@H](C)C(=O)[C@H](C)[C@H]2N(CCCCn3cnc(-c4ccc(OC)nc4)c3C)C(=O)O[C@]12C.CC[C@H]1OC(=O)[C@H](C)C(=O)[C@H](C)[C@@H](O[C@@H]2O[C@H](C)C[C@H](N(C)C)[C@H]2OC(=O)c2ccccc2)[C@@](C)(OC)C[C@@H](C)C(=O)/C(C)=C/[C@]1(C)OC(=O)n1ccnc1.I. The van der Waals surface area contributed by atoms with Crippen LogP contribution in [0, 0.1) is 48.3 Å². The number of allylic oxidation sites excluding steroid dienone is 1. The number of pyridine rings is 1. The maximum Gasteiger partial charge on any atom is 0.420 e. The molecule has 650 valence electrons. The van der Waals surface area contributed by atoms with Crippen LogP contribution in [-0.2, 0) is 87.4 Å². The first-order valence-electron chi connectivity index (χ1n) is 40.6. The second-order valence-corrected chi connectivity index (χ2v) is 33.5. The summed E-state index contributed by atoms with van der Waals surface area (Å²) in [4.78, 5) is 144. The number of fused-ring (bicyclic) bond motifs is 1. The summed E-state index contributed by atoms with van der Waals surface area (Å²) in [6.45, 7) is 30.3. The number of imidazole rings is 2. The summed E-state index contributed by atoms with van der Waals surface area (Å²) < 4.78 is 77.0. The van der Waals surface area contributed by atoms with E-state index in [1.807, 2.05) is 78.7 Å². The summed E-state index contributed by atoms with van der Waals surface area (Å²) in [5.74, 6) is -9.71. The van der Waals surface area contributed by atoms with E-state index in [1.165, 1.54) is 52.9 Å². The van der Waals surface area contributed by atoms with Crippen LogP contribution in [0.1, 0.15) is 178 Å². The van der Waals surface area contributed by atoms with Gasteiger partial charge in [-0.2, -0.15) is 0 Å². The first-order valence-corrected chi connectivity index (χ1v) is 40.6. The number of aliphatic hydroxyl groups is 1. The van der Waals surface area contributed by atoms with Crippen LogP contribution in [0.25, 0.3) is 11.3 Å². The zero-order chi connectivity index (χ0) is 86.0. The Bertz CT molecular complexity index is 4070. The lowest BCUT2D eigenvalue weighted by Gasteiger charge is -2.47. The van der Waals surface area contributed by atoms with Gasteiger partial charge in [-0.25, -0.2) is 33.9 Å². The monoisotopic (exact) mass is 1750 g/mol. The second-order valence-electron chi connectivity index (χ2n) is 33.5. The van der Waals surface area contributed by atoms with Crippen molar-refractivity contribution in [3.05, 3.63) is 96.6 Å². The maximum absolute atomic E-state index is 14.8. The van der Waals surface area contributed by atoms with Crippen LogP contribution in [0.5, 0.6) is 5.88 Å². The molecule has 8 heterocycles. The molecule has 4 saturated heterocycles. The summed E-state index contributed by atoms with van der Waals surface area (Å²) in [5, 5.41) is 11.5. The largest absolute Gasteiger partial charge is 0.481 e. The lowest BCUT2D eigenvalue weighted by molar-refractivity contribution is -0.295. The molecule has 1 amide bonds. The minimum absolute atomic E-state index is 0. The average molecular weight is 1750 g/mol. The van der Waals surface area contributed by atoms with E-state index in [1.54, 1.807) is 130 Å². The molecule has 117 heavy (non-hydrogen) atoms. The van der Waals surface area contributed by atoms with Gasteiger partial charge in [0.1, 0.15) is 42.3 Å². The van der Waals surface area contributed by atoms with E-state index in [0.717, 1.165) is 21.5 Å². The van der Waals surface area contributed by atoms with E-state index in [9.17, 15) is 48.3 Å². The molecule has 0 aliphatic carbocycles. The summed E-state index contributed by atoms with van der Waals surface area (Å²) in [7, 11) is 12.0. The van der Waals surface area contributed by atoms with Crippen LogP contribution in [-0.4, -0.2) is 255 Å². The number of ketones is 4. The van der Waals surface area contributed by atoms with Crippen LogP contribution >= 0.6 is 24.0 Å². The molecular formula is C86H127IN8O22. The van der Waals surface area contributed by atoms with Crippen molar-refractivity contribution < 1.29 is 105 Å². The zero-order valence-electron chi connectivity index (χ0n) is 72.6. The minimum atomic E-state index is -1.61. The lowest BCUT2D eigenvalue weighted by atomic mass is 9.73. The van der Waals surface area contributed by atoms with Gasteiger partial charge in [-0.3, -0.25) is 28.8 Å². The molecule has 0 spiro atoms. The van der Waals surface area contributed by atoms with Crippen molar-refractivity contribution in [3.8, 4) is 17.1 Å². The molecule has 9 rings (SSSR count). The Morgan fingerprint density at radius 3 is 1.74 bits per heavy atom. The van der Waals surface area contributed by atoms with Crippen LogP contribution in [0.4, 0.5) is 9.59 Å². The van der Waals surface area contributed by atoms with Crippen molar-refractivity contribution in [2.45, 2.75) is 278 Å². The third-order valence-electron chi connectivity index (χ3n) is 24.4. The van der Waals surface area contributed by atoms with Crippen LogP contribution in [0.2, 0.25) is 0 Å². The van der Waals surface area contributed by atoms with Crippen molar-refractivity contribution in [2.75, 3.05) is 56.1 Å². The van der Waals surface area contributed by atoms with Gasteiger partial charge in [0.25, 0.3) is 0 Å². The van der Waals surface area contributed by atoms with E-state index in [-0.39, 0.29) is 97.6 Å². The third-order valence-corrected chi connectivity index (χ3v) is 24.4. The van der Waals surface area contributed by atoms with Crippen molar-refractivity contribution >= 4 is 77.2 Å². The molecule has 1 N–H and O–H groups in total. The summed E-state index contributed by atoms with van der Waals surface area (Å²) in [6, 6.07) is 10.9. The Balaban J connectivity index is 0.000000322. The molecule has 5 aliphatic heterocycles. The molecule has 0 bridgehead atoms. The van der Waals surface area contributed by atoms with Gasteiger partial charge in [0.05, 0.1) is 72.4 Å². The van der Waals surface area contributed by atoms with E-state index < -0.39 is 161 Å². The predicted molar refractivity (Wildman–Crippen MR) is 442 cm³/mol. The highest BCUT2D eigenvalue weighted by molar-refractivity contribution is 14.0. The number of cyclic esters (lactones) is 2. The number of carbonyl (C=O) groups excluding carboxylic acids is 9. The van der Waals surface area contributed by atoms with Crippen molar-refractivity contribution in [3.63, 3.8) is 0 Å². The highest BCUT2D eigenvalue weighted by atomic mass is 127. The zero-order valence-corrected chi connectivity index (χ0v) is 75.0. The number of carbonyl (C=O) groups is 9. The van der Waals surface area contributed by atoms with E-state index in [0.29, 0.717) is 43.7 Å². The molecule has 4 aromatic rings. The van der Waals surface area contributed by atoms with E-state index in [4.69, 9.17) is 56.8 Å². The fraction of sp³-hybridized carbons (Fsp3) is 0.674. The second kappa shape index (κ2) is 41.2. The van der Waals surface area contributed by atoms with Gasteiger partial charge in [0.15, 0.2) is 47.2 Å². The Morgan fingerprint density at radius 2 is 1.21 bits per heavy atom. The fourth-order valence-electron chi connectivity index (χ4n) is 17.5. The first kappa shape index (κ1) is 96.7. The van der Waals surface area contributed by atoms with Gasteiger partial charge in [-0.1, -0.05) is 66.7 Å². The summed E-state index contributed by atoms with van der Waals surface area (Å²) in [5.41, 5.74) is -2.35. The summed E-state index contributed by atoms with van der Waals surface area (Å²) in [6.07, 6.45) is 1.63. The van der Waals surface area contributed by atoms with Gasteiger partial charge in [0, 0.05) is 98.9 Å². The van der Waals surface area contributed by atoms with Crippen molar-refractivity contribution in [1.29, 1.82) is 0 Å². The topological polar surface area (TPSA) is 343 Å². The Hall–Kier alpha value is -7.47. The highest BCUT2D eigenvalue weighted by Gasteiger charge is 2.61. The number of nitrogens with zero attached hydrogens (tertiary/aromatic N) is 8. The smallest absolute Gasteiger partial charge is 0.420 e. The number of rotatable bonds is 20. The number of aryl methyl sites for hydroxylation is 1. The van der Waals surface area contributed by atoms with Gasteiger partial charge in [0.2, 0.25) is 5.88 Å². The standard InChI is InChI=1S/C45H69N5O11.C41H57N3O11.HI/c1-14-33-45(9)39(50(43(55)61-45)20-16-15-19-49-24-47-35(30(49)7)31-17-18-34(56-12)46-23-31)27(4)36(51)25(2)22-44(8,57-13)40(28(5)37(52)29(6)41(54)59-33)60-42-38(53)32(48(10)11)21-26(3)58-42;1-12-31-40(7,55-39(49)44-19-18-42-23-44)21-24(2)32(45)25(3)22-41(8,50-11)35(27(5)33(46)28(6)36(47)52-31)54-38-34(30(43(9)10)20-26(4)51-38)53-37(48)29-16-14-13-15-17-29;/h17-18,23-29,32-33,38-40,42,53H,14-16,19-22H2,1-13H3;13-19,21,23,25-28,30-31,34-35,38H,12,20,22H2,1-11H3;1H/b;24-21+;/t25-,26-,27+,28+,29-,32+,33-,38-,39-,40-,42+,44+,45-;25-,26-,27+,28-,30+,31-,34-,35-,38+,40+,41+;/m11./s1. The number of amides is 1. The number of Topliss-reactive ketones (excluding diaryl/α,β-unsaturated/α-hetero) is 4. The molecule has 0 saturated carbocycles. The van der Waals surface area contributed by atoms with E-state index in [2.05, 4.69) is 19.5 Å². The number of likely N-dealkylation sites (N-methyl/N-ethyl adjacent to an activating group) is 2. The van der Waals surface area contributed by atoms with Gasteiger partial charge in [-0.05, 0) is 179 Å². The van der Waals surface area contributed by atoms with Crippen LogP contribution in [0.15, 0.2) is 85.4 Å². The van der Waals surface area contributed by atoms with Crippen LogP contribution in [0.3, 0.4) is 0 Å². The Labute approximate surface area is 706 Å². The number of benzene rings is 1. The van der Waals surface area contributed by atoms with Gasteiger partial charge in [-0.15, -0.1) is 24.0 Å².